The van der Waals surface area contributed by atoms with E-state index in [1.54, 1.807) is 146 Å². The summed E-state index contributed by atoms with van der Waals surface area (Å²) in [6.45, 7) is 0. The Bertz CT molecular complexity index is 6710. The van der Waals surface area contributed by atoms with E-state index in [4.69, 9.17) is 19.9 Å². The third kappa shape index (κ3) is 10.4. The van der Waals surface area contributed by atoms with Crippen LogP contribution in [0.1, 0.15) is 45.6 Å². The molecule has 6 nitrogen and oxygen atoms in total. The molecule has 0 aliphatic carbocycles. The van der Waals surface area contributed by atoms with Crippen LogP contribution in [0.25, 0.3) is 202 Å². The normalized spacial score (nSPS) is 12.5. The second-order valence-corrected chi connectivity index (χ2v) is 26.6. The van der Waals surface area contributed by atoms with Gasteiger partial charge in [0.25, 0.3) is 0 Å². The molecule has 12 bridgehead atoms. The van der Waals surface area contributed by atoms with Gasteiger partial charge in [-0.1, -0.05) is 146 Å². The maximum atomic E-state index is 17.2. The average molecular weight is 1490 g/mol. The van der Waals surface area contributed by atoms with E-state index in [1.165, 1.54) is 72.9 Å². The Kier molecular flexibility index (Phi) is 15.6. The first-order chi connectivity index (χ1) is 53.8. The van der Waals surface area contributed by atoms with Crippen LogP contribution in [0.3, 0.4) is 0 Å². The number of fused-ring (bicyclic) bond motifs is 18. The van der Waals surface area contributed by atoms with Gasteiger partial charge in [0.2, 0.25) is 17.5 Å². The van der Waals surface area contributed by atoms with E-state index >= 15 is 65.9 Å². The van der Waals surface area contributed by atoms with Gasteiger partial charge >= 0.3 is 0 Å². The van der Waals surface area contributed by atoms with Crippen molar-refractivity contribution in [2.75, 3.05) is 0 Å². The molecule has 0 saturated heterocycles. The zero-order valence-electron chi connectivity index (χ0n) is 56.5. The summed E-state index contributed by atoms with van der Waals surface area (Å²) in [6, 6.07) is 53.4. The fourth-order valence-corrected chi connectivity index (χ4v) is 15.6. The van der Waals surface area contributed by atoms with E-state index in [-0.39, 0.29) is 61.5 Å². The van der Waals surface area contributed by atoms with Gasteiger partial charge in [0.1, 0.15) is 0 Å². The van der Waals surface area contributed by atoms with Crippen molar-refractivity contribution in [1.82, 2.24) is 29.9 Å². The molecule has 0 amide bonds. The van der Waals surface area contributed by atoms with Gasteiger partial charge in [0.15, 0.2) is 69.8 Å². The van der Waals surface area contributed by atoms with Crippen LogP contribution in [0.4, 0.5) is 65.9 Å². The summed E-state index contributed by atoms with van der Waals surface area (Å²) < 4.78 is 247. The van der Waals surface area contributed by atoms with Gasteiger partial charge in [-0.3, -0.25) is 0 Å². The van der Waals surface area contributed by atoms with Gasteiger partial charge < -0.3 is 9.97 Å². The maximum Gasteiger partial charge on any atom is 0.200 e. The minimum absolute atomic E-state index is 0.0130. The summed E-state index contributed by atoms with van der Waals surface area (Å²) in [5.74, 6) is -35.4. The average Bonchev–Trinajstić information content (AvgIpc) is 1.65. The Morgan fingerprint density at radius 3 is 0.550 bits per heavy atom. The molecule has 21 heteroatoms. The van der Waals surface area contributed by atoms with E-state index in [1.807, 2.05) is 18.2 Å². The van der Waals surface area contributed by atoms with Crippen molar-refractivity contribution in [3.05, 3.63) is 321 Å². The van der Waals surface area contributed by atoms with Crippen LogP contribution in [0.15, 0.2) is 188 Å². The second kappa shape index (κ2) is 25.6. The number of aromatic amines is 2. The van der Waals surface area contributed by atoms with Crippen molar-refractivity contribution in [2.24, 2.45) is 0 Å². The summed E-state index contributed by atoms with van der Waals surface area (Å²) in [5.41, 5.74) is -8.48. The molecule has 19 rings (SSSR count). The van der Waals surface area contributed by atoms with E-state index in [0.717, 1.165) is 0 Å². The number of halogens is 15. The first kappa shape index (κ1) is 67.6. The number of nitrogens with one attached hydrogen (secondary N) is 2. The molecule has 7 heterocycles. The van der Waals surface area contributed by atoms with E-state index in [0.29, 0.717) is 81.3 Å². The van der Waals surface area contributed by atoms with Crippen LogP contribution in [0, 0.1) is 87.3 Å². The lowest BCUT2D eigenvalue weighted by Crippen LogP contribution is -2.06. The number of aromatic nitrogens is 6. The van der Waals surface area contributed by atoms with Crippen LogP contribution in [-0.4, -0.2) is 29.9 Å². The number of H-pyrrole nitrogens is 2. The number of benzene rings is 12. The van der Waals surface area contributed by atoms with Crippen molar-refractivity contribution in [1.29, 1.82) is 0 Å². The Morgan fingerprint density at radius 2 is 0.324 bits per heavy atom. The molecule has 12 aromatic carbocycles. The molecule has 0 radical (unpaired) electrons. The van der Waals surface area contributed by atoms with Crippen molar-refractivity contribution in [3.8, 4) is 66.8 Å². The summed E-state index contributed by atoms with van der Waals surface area (Å²) in [6.07, 6.45) is 10.4. The quantitative estimate of drug-likeness (QED) is 0.0752. The first-order valence-corrected chi connectivity index (χ1v) is 34.3. The Balaban J connectivity index is 1.07. The summed E-state index contributed by atoms with van der Waals surface area (Å²) >= 11 is 0. The SMILES string of the molecule is Fc1c(F)c(F)c(-c2c3nc(c(-c4c5ccccc5cc5ccccc45)c4ccc([nH]4)c(-c4c(F)c(F)c(F)c(F)c4F)c4nc(c(-c5c6ccccc6cc6ccccc56)c5nc(c(-c6c(F)c(F)c(F)c(F)c6F)c6ccc([nH]6)c(-c6c7ccccc7cc7ccccc67)c6nc2C=C6)C=C5)C=C4)C=C3)c(F)c1F. The lowest BCUT2D eigenvalue weighted by molar-refractivity contribution is 0.381. The molecular weight excluding hydrogens is 1450 g/mol. The molecule has 4 aliphatic rings. The van der Waals surface area contributed by atoms with Crippen LogP contribution in [0.2, 0.25) is 0 Å². The van der Waals surface area contributed by atoms with Crippen LogP contribution in [0.5, 0.6) is 0 Å². The van der Waals surface area contributed by atoms with E-state index in [9.17, 15) is 0 Å². The minimum Gasteiger partial charge on any atom is -0.354 e. The van der Waals surface area contributed by atoms with Gasteiger partial charge in [-0.15, -0.1) is 0 Å². The highest BCUT2D eigenvalue weighted by atomic mass is 19.2. The molecule has 0 spiro atoms. The number of nitrogens with zero attached hydrogens (tertiary/aromatic N) is 4. The Labute approximate surface area is 615 Å². The third-order valence-corrected chi connectivity index (χ3v) is 20.5. The van der Waals surface area contributed by atoms with Crippen molar-refractivity contribution < 1.29 is 65.9 Å². The van der Waals surface area contributed by atoms with Gasteiger partial charge in [-0.2, -0.15) is 0 Å². The molecule has 536 valence electrons. The largest absolute Gasteiger partial charge is 0.354 e. The Morgan fingerprint density at radius 1 is 0.162 bits per heavy atom. The topological polar surface area (TPSA) is 83.1 Å². The standard InChI is InChI=1S/C90H41F15N6/c91-76-73(77(92)83(98)88(103)82(76)97)70-58-31-25-52(106-58)67(64-46-19-7-1-13-40(46)37-41-14-2-8-20-47(41)64)53-26-32-59(107-53)71(74-78(93)84(99)89(104)85(100)79(74)94)61-34-28-55(109-61)69(66-50-23-11-5-17-44(50)39-45-18-6-12-24-51(45)66)57-30-36-63(111-57)72(75-80(95)86(101)90(105)87(102)81(75)96)62-35-29-56(110-62)68(54-27-33-60(70)108-54)65-48-21-9-3-15-42(48)38-43-16-4-10-22-49(43)65/h1-39,106,111H. The van der Waals surface area contributed by atoms with Gasteiger partial charge in [-0.05, 0) is 156 Å². The lowest BCUT2D eigenvalue weighted by atomic mass is 9.90. The molecule has 0 fully saturated rings. The van der Waals surface area contributed by atoms with Gasteiger partial charge in [-0.25, -0.2) is 85.8 Å². The zero-order chi connectivity index (χ0) is 76.3. The predicted octanol–water partition coefficient (Wildman–Crippen LogP) is 25.7. The molecular formula is C90H41F15N6. The predicted molar refractivity (Wildman–Crippen MR) is 405 cm³/mol. The summed E-state index contributed by atoms with van der Waals surface area (Å²) in [5, 5.41) is 6.94. The number of rotatable bonds is 6. The lowest BCUT2D eigenvalue weighted by Gasteiger charge is -2.14. The number of hydrogen-bond acceptors (Lipinski definition) is 4. The first-order valence-electron chi connectivity index (χ1n) is 34.3. The highest BCUT2D eigenvalue weighted by Gasteiger charge is 2.35. The molecule has 15 aromatic rings. The summed E-state index contributed by atoms with van der Waals surface area (Å²) in [4.78, 5) is 26.5. The fraction of sp³-hybridized carbons (Fsp3) is 0. The highest BCUT2D eigenvalue weighted by molar-refractivity contribution is 6.20. The third-order valence-electron chi connectivity index (χ3n) is 20.5. The minimum atomic E-state index is -2.50. The molecule has 0 saturated carbocycles. The monoisotopic (exact) mass is 1490 g/mol. The van der Waals surface area contributed by atoms with Crippen LogP contribution >= 0.6 is 0 Å². The second-order valence-electron chi connectivity index (χ2n) is 26.6. The fourth-order valence-electron chi connectivity index (χ4n) is 15.6. The van der Waals surface area contributed by atoms with E-state index in [2.05, 4.69) is 9.97 Å². The van der Waals surface area contributed by atoms with Gasteiger partial charge in [0, 0.05) is 72.1 Å². The van der Waals surface area contributed by atoms with Crippen molar-refractivity contribution in [3.63, 3.8) is 0 Å². The van der Waals surface area contributed by atoms with Crippen molar-refractivity contribution in [2.45, 2.75) is 0 Å². The molecule has 111 heavy (non-hydrogen) atoms. The Hall–Kier alpha value is -14.0. The molecule has 3 aromatic heterocycles. The highest BCUT2D eigenvalue weighted by Crippen LogP contribution is 2.49. The molecule has 2 N–H and O–H groups in total. The smallest absolute Gasteiger partial charge is 0.200 e. The van der Waals surface area contributed by atoms with Crippen LogP contribution in [-0.2, 0) is 0 Å². The molecule has 0 atom stereocenters. The zero-order valence-corrected chi connectivity index (χ0v) is 56.5. The van der Waals surface area contributed by atoms with Gasteiger partial charge in [0.05, 0.1) is 62.2 Å². The van der Waals surface area contributed by atoms with Crippen LogP contribution < -0.4 is 0 Å². The van der Waals surface area contributed by atoms with Crippen molar-refractivity contribution >= 4 is 135 Å². The summed E-state index contributed by atoms with van der Waals surface area (Å²) in [7, 11) is 0. The van der Waals surface area contributed by atoms with E-state index < -0.39 is 143 Å². The number of hydrogen-bond donors (Lipinski definition) is 2. The molecule has 0 unspecified atom stereocenters. The maximum absolute atomic E-state index is 17.2. The molecule has 4 aliphatic heterocycles.